The predicted octanol–water partition coefficient (Wildman–Crippen LogP) is 5.24. The molecule has 2 aromatic rings. The lowest BCUT2D eigenvalue weighted by Crippen LogP contribution is -2.64. The highest BCUT2D eigenvalue weighted by molar-refractivity contribution is 7.15. The highest BCUT2D eigenvalue weighted by Gasteiger charge is 2.56. The molecular formula is C21H24ClNOS. The molecule has 6 rings (SSSR count). The molecule has 0 spiro atoms. The van der Waals surface area contributed by atoms with Crippen molar-refractivity contribution in [1.82, 2.24) is 5.32 Å². The van der Waals surface area contributed by atoms with Gasteiger partial charge in [-0.05, 0) is 68.6 Å². The Labute approximate surface area is 158 Å². The molecule has 4 aliphatic carbocycles. The minimum absolute atomic E-state index is 0.160. The second-order valence-electron chi connectivity index (χ2n) is 8.57. The maximum atomic E-state index is 10.9. The van der Waals surface area contributed by atoms with Crippen LogP contribution in [0.15, 0.2) is 36.4 Å². The van der Waals surface area contributed by atoms with Crippen molar-refractivity contribution in [1.29, 1.82) is 0 Å². The summed E-state index contributed by atoms with van der Waals surface area (Å²) in [5, 5.41) is 15.6. The average Bonchev–Trinajstić information content (AvgIpc) is 3.00. The normalized spacial score (nSPS) is 36.1. The predicted molar refractivity (Wildman–Crippen MR) is 104 cm³/mol. The van der Waals surface area contributed by atoms with E-state index >= 15 is 0 Å². The third-order valence-electron chi connectivity index (χ3n) is 6.47. The van der Waals surface area contributed by atoms with Crippen molar-refractivity contribution in [2.75, 3.05) is 0 Å². The molecule has 0 amide bonds. The molecule has 0 radical (unpaired) electrons. The van der Waals surface area contributed by atoms with E-state index in [1.807, 2.05) is 29.5 Å². The Kier molecular flexibility index (Phi) is 3.80. The van der Waals surface area contributed by atoms with Crippen molar-refractivity contribution in [2.24, 2.45) is 11.8 Å². The van der Waals surface area contributed by atoms with Gasteiger partial charge in [0.15, 0.2) is 0 Å². The Morgan fingerprint density at radius 3 is 2.56 bits per heavy atom. The summed E-state index contributed by atoms with van der Waals surface area (Å²) in [6, 6.07) is 12.4. The first kappa shape index (κ1) is 16.3. The summed E-state index contributed by atoms with van der Waals surface area (Å²) in [6.45, 7) is 0.893. The van der Waals surface area contributed by atoms with Crippen molar-refractivity contribution in [3.8, 4) is 10.4 Å². The lowest BCUT2D eigenvalue weighted by molar-refractivity contribution is -0.142. The van der Waals surface area contributed by atoms with Gasteiger partial charge in [-0.3, -0.25) is 0 Å². The molecule has 2 unspecified atom stereocenters. The zero-order chi connectivity index (χ0) is 17.1. The molecule has 4 aliphatic rings. The smallest absolute Gasteiger partial charge is 0.0670 e. The van der Waals surface area contributed by atoms with Gasteiger partial charge in [0.1, 0.15) is 0 Å². The summed E-state index contributed by atoms with van der Waals surface area (Å²) >= 11 is 8.15. The fourth-order valence-electron chi connectivity index (χ4n) is 5.97. The van der Waals surface area contributed by atoms with Crippen molar-refractivity contribution in [3.05, 3.63) is 46.3 Å². The van der Waals surface area contributed by atoms with Crippen molar-refractivity contribution in [2.45, 2.75) is 56.2 Å². The van der Waals surface area contributed by atoms with Crippen LogP contribution in [0.4, 0.5) is 0 Å². The van der Waals surface area contributed by atoms with Crippen LogP contribution in [0, 0.1) is 11.8 Å². The Hall–Kier alpha value is -0.870. The number of hydrogen-bond donors (Lipinski definition) is 2. The largest absolute Gasteiger partial charge is 0.390 e. The topological polar surface area (TPSA) is 32.3 Å². The molecular weight excluding hydrogens is 350 g/mol. The van der Waals surface area contributed by atoms with Gasteiger partial charge in [-0.1, -0.05) is 29.8 Å². The lowest BCUT2D eigenvalue weighted by Gasteiger charge is -2.60. The van der Waals surface area contributed by atoms with Crippen LogP contribution in [0.2, 0.25) is 5.02 Å². The highest BCUT2D eigenvalue weighted by Crippen LogP contribution is 2.57. The molecule has 25 heavy (non-hydrogen) atoms. The van der Waals surface area contributed by atoms with E-state index in [1.54, 1.807) is 0 Å². The van der Waals surface area contributed by atoms with E-state index < -0.39 is 5.60 Å². The number of thiophene rings is 1. The molecule has 1 heterocycles. The third kappa shape index (κ3) is 2.95. The monoisotopic (exact) mass is 373 g/mol. The molecule has 4 heteroatoms. The molecule has 0 saturated heterocycles. The molecule has 1 aromatic carbocycles. The maximum Gasteiger partial charge on any atom is 0.0670 e. The summed E-state index contributed by atoms with van der Waals surface area (Å²) in [5.74, 6) is 1.45. The molecule has 2 nitrogen and oxygen atoms in total. The van der Waals surface area contributed by atoms with E-state index in [-0.39, 0.29) is 5.54 Å². The SMILES string of the molecule is OC12CC3CC(C1)CC(NCc1ccc(-c4ccccc4Cl)s1)(C3)C2. The number of halogens is 1. The lowest BCUT2D eigenvalue weighted by atomic mass is 9.51. The highest BCUT2D eigenvalue weighted by atomic mass is 35.5. The van der Waals surface area contributed by atoms with E-state index in [0.717, 1.165) is 48.2 Å². The van der Waals surface area contributed by atoms with Gasteiger partial charge in [-0.15, -0.1) is 11.3 Å². The zero-order valence-electron chi connectivity index (χ0n) is 14.3. The Morgan fingerprint density at radius 2 is 1.84 bits per heavy atom. The minimum Gasteiger partial charge on any atom is -0.390 e. The first-order valence-electron chi connectivity index (χ1n) is 9.34. The van der Waals surface area contributed by atoms with Crippen LogP contribution in [0.25, 0.3) is 10.4 Å². The Morgan fingerprint density at radius 1 is 1.08 bits per heavy atom. The van der Waals surface area contributed by atoms with E-state index in [4.69, 9.17) is 11.6 Å². The molecule has 0 aliphatic heterocycles. The Bertz CT molecular complexity index is 787. The maximum absolute atomic E-state index is 10.9. The molecule has 2 N–H and O–H groups in total. The number of nitrogens with one attached hydrogen (secondary N) is 1. The van der Waals surface area contributed by atoms with Gasteiger partial charge in [0.25, 0.3) is 0 Å². The van der Waals surface area contributed by atoms with Crippen molar-refractivity contribution in [3.63, 3.8) is 0 Å². The number of benzene rings is 1. The summed E-state index contributed by atoms with van der Waals surface area (Å²) in [4.78, 5) is 2.57. The van der Waals surface area contributed by atoms with Crippen LogP contribution >= 0.6 is 22.9 Å². The van der Waals surface area contributed by atoms with Gasteiger partial charge in [-0.25, -0.2) is 0 Å². The van der Waals surface area contributed by atoms with Gasteiger partial charge in [-0.2, -0.15) is 0 Å². The van der Waals surface area contributed by atoms with Gasteiger partial charge in [0.05, 0.1) is 5.60 Å². The van der Waals surface area contributed by atoms with Crippen LogP contribution < -0.4 is 5.32 Å². The zero-order valence-corrected chi connectivity index (χ0v) is 15.9. The van der Waals surface area contributed by atoms with Crippen LogP contribution in [0.5, 0.6) is 0 Å². The van der Waals surface area contributed by atoms with Gasteiger partial charge in [0, 0.05) is 32.4 Å². The van der Waals surface area contributed by atoms with Crippen LogP contribution in [0.3, 0.4) is 0 Å². The third-order valence-corrected chi connectivity index (χ3v) is 7.92. The second-order valence-corrected chi connectivity index (χ2v) is 10.1. The fraction of sp³-hybridized carbons (Fsp3) is 0.524. The molecule has 132 valence electrons. The molecule has 4 bridgehead atoms. The van der Waals surface area contributed by atoms with Crippen molar-refractivity contribution >= 4 is 22.9 Å². The van der Waals surface area contributed by atoms with E-state index in [9.17, 15) is 5.11 Å². The van der Waals surface area contributed by atoms with Gasteiger partial charge in [0.2, 0.25) is 0 Å². The van der Waals surface area contributed by atoms with E-state index in [1.165, 1.54) is 29.0 Å². The quantitative estimate of drug-likeness (QED) is 0.767. The summed E-state index contributed by atoms with van der Waals surface area (Å²) in [7, 11) is 0. The van der Waals surface area contributed by atoms with Crippen molar-refractivity contribution < 1.29 is 5.11 Å². The summed E-state index contributed by atoms with van der Waals surface area (Å²) in [6.07, 6.45) is 6.82. The molecule has 2 atom stereocenters. The van der Waals surface area contributed by atoms with Gasteiger partial charge < -0.3 is 10.4 Å². The molecule has 4 fully saturated rings. The van der Waals surface area contributed by atoms with Crippen LogP contribution in [-0.4, -0.2) is 16.2 Å². The van der Waals surface area contributed by atoms with Gasteiger partial charge >= 0.3 is 0 Å². The van der Waals surface area contributed by atoms with E-state index in [2.05, 4.69) is 23.5 Å². The molecule has 4 saturated carbocycles. The number of hydrogen-bond acceptors (Lipinski definition) is 3. The second kappa shape index (κ2) is 5.82. The summed E-state index contributed by atoms with van der Waals surface area (Å²) in [5.41, 5.74) is 0.882. The van der Waals surface area contributed by atoms with Crippen LogP contribution in [-0.2, 0) is 6.54 Å². The van der Waals surface area contributed by atoms with Crippen LogP contribution in [0.1, 0.15) is 43.4 Å². The minimum atomic E-state index is -0.394. The standard InChI is InChI=1S/C21H24ClNOS/c22-18-4-2-1-3-17(18)19-6-5-16(25-19)12-23-20-8-14-7-15(9-20)11-21(24,10-14)13-20/h1-6,14-15,23-24H,7-13H2. The molecule has 1 aromatic heterocycles. The Balaban J connectivity index is 1.32. The summed E-state index contributed by atoms with van der Waals surface area (Å²) < 4.78 is 0. The first-order chi connectivity index (χ1) is 12.0. The van der Waals surface area contributed by atoms with E-state index in [0.29, 0.717) is 0 Å². The average molecular weight is 374 g/mol. The first-order valence-corrected chi connectivity index (χ1v) is 10.5. The number of aliphatic hydroxyl groups is 1. The fourth-order valence-corrected chi connectivity index (χ4v) is 7.25. The number of rotatable bonds is 4.